The number of rotatable bonds is 9. The molecule has 0 aliphatic rings. The monoisotopic (exact) mass is 398 g/mol. The normalized spacial score (nSPS) is 10.7. The summed E-state index contributed by atoms with van der Waals surface area (Å²) in [7, 11) is -2.10. The van der Waals surface area contributed by atoms with E-state index in [1.54, 1.807) is 19.2 Å². The molecular formula is C21H22N2O4S. The second-order valence-electron chi connectivity index (χ2n) is 5.96. The van der Waals surface area contributed by atoms with Crippen LogP contribution in [0.1, 0.15) is 15.9 Å². The number of terminal acetylenes is 1. The molecule has 0 aromatic heterocycles. The summed E-state index contributed by atoms with van der Waals surface area (Å²) in [6.07, 6.45) is 6.75. The van der Waals surface area contributed by atoms with Gasteiger partial charge in [-0.1, -0.05) is 36.8 Å². The fraction of sp³-hybridized carbons (Fsp3) is 0.190. The highest BCUT2D eigenvalue weighted by Crippen LogP contribution is 2.16. The standard InChI is InChI=1S/C21H22N2O4S/c1-4-13-22-28(25,26)20-8-6-7-18(15-20)21(24)23(3)16-17-9-11-19(12-10-17)27-14-5-2/h1,5-12,15,22H,2,13-14,16H2,3H3. The Morgan fingerprint density at radius 1 is 1.29 bits per heavy atom. The van der Waals surface area contributed by atoms with Crippen molar-refractivity contribution in [2.45, 2.75) is 11.4 Å². The number of amides is 1. The van der Waals surface area contributed by atoms with Crippen LogP contribution in [0, 0.1) is 12.3 Å². The van der Waals surface area contributed by atoms with Crippen LogP contribution in [0.25, 0.3) is 0 Å². The zero-order valence-electron chi connectivity index (χ0n) is 15.6. The predicted molar refractivity (Wildman–Crippen MR) is 108 cm³/mol. The minimum absolute atomic E-state index is 0.00859. The molecule has 0 saturated heterocycles. The van der Waals surface area contributed by atoms with Crippen molar-refractivity contribution in [2.75, 3.05) is 20.2 Å². The summed E-state index contributed by atoms with van der Waals surface area (Å²) in [5, 5.41) is 0. The van der Waals surface area contributed by atoms with E-state index in [4.69, 9.17) is 11.2 Å². The van der Waals surface area contributed by atoms with E-state index in [-0.39, 0.29) is 22.9 Å². The van der Waals surface area contributed by atoms with E-state index in [0.29, 0.717) is 13.2 Å². The van der Waals surface area contributed by atoms with Crippen LogP contribution in [-0.2, 0) is 16.6 Å². The molecule has 1 N–H and O–H groups in total. The molecule has 0 unspecified atom stereocenters. The minimum Gasteiger partial charge on any atom is -0.490 e. The molecule has 1 amide bonds. The number of nitrogens with zero attached hydrogens (tertiary/aromatic N) is 1. The summed E-state index contributed by atoms with van der Waals surface area (Å²) < 4.78 is 32.1. The Morgan fingerprint density at radius 2 is 2.00 bits per heavy atom. The minimum atomic E-state index is -3.76. The van der Waals surface area contributed by atoms with Gasteiger partial charge in [0.1, 0.15) is 12.4 Å². The molecule has 0 radical (unpaired) electrons. The number of benzene rings is 2. The van der Waals surface area contributed by atoms with Crippen LogP contribution in [0.4, 0.5) is 0 Å². The quantitative estimate of drug-likeness (QED) is 0.520. The van der Waals surface area contributed by atoms with Gasteiger partial charge in [0.05, 0.1) is 11.4 Å². The largest absolute Gasteiger partial charge is 0.490 e. The van der Waals surface area contributed by atoms with Crippen molar-refractivity contribution in [3.05, 3.63) is 72.3 Å². The average molecular weight is 398 g/mol. The predicted octanol–water partition coefficient (Wildman–Crippen LogP) is 2.44. The van der Waals surface area contributed by atoms with Crippen LogP contribution in [0.5, 0.6) is 5.75 Å². The maximum atomic E-state index is 12.7. The fourth-order valence-electron chi connectivity index (χ4n) is 2.43. The Bertz CT molecular complexity index is 976. The van der Waals surface area contributed by atoms with E-state index in [2.05, 4.69) is 17.2 Å². The summed E-state index contributed by atoms with van der Waals surface area (Å²) >= 11 is 0. The van der Waals surface area contributed by atoms with Crippen LogP contribution >= 0.6 is 0 Å². The molecule has 0 atom stereocenters. The zero-order valence-corrected chi connectivity index (χ0v) is 16.4. The zero-order chi connectivity index (χ0) is 20.6. The third-order valence-corrected chi connectivity index (χ3v) is 5.21. The number of ether oxygens (including phenoxy) is 1. The Labute approximate surface area is 165 Å². The van der Waals surface area contributed by atoms with Gasteiger partial charge in [-0.3, -0.25) is 4.79 Å². The van der Waals surface area contributed by atoms with Crippen LogP contribution in [-0.4, -0.2) is 39.4 Å². The molecule has 0 heterocycles. The molecule has 7 heteroatoms. The van der Waals surface area contributed by atoms with Crippen LogP contribution in [0.2, 0.25) is 0 Å². The van der Waals surface area contributed by atoms with Gasteiger partial charge in [0.25, 0.3) is 5.91 Å². The summed E-state index contributed by atoms with van der Waals surface area (Å²) in [6, 6.07) is 13.2. The highest BCUT2D eigenvalue weighted by molar-refractivity contribution is 7.89. The maximum absolute atomic E-state index is 12.7. The van der Waals surface area contributed by atoms with E-state index in [1.807, 2.05) is 24.3 Å². The Balaban J connectivity index is 2.10. The number of hydrogen-bond acceptors (Lipinski definition) is 4. The van der Waals surface area contributed by atoms with Gasteiger partial charge in [-0.15, -0.1) is 6.42 Å². The third kappa shape index (κ3) is 5.71. The first kappa shape index (κ1) is 21.2. The molecule has 0 fully saturated rings. The van der Waals surface area contributed by atoms with Gasteiger partial charge in [0, 0.05) is 19.2 Å². The number of sulfonamides is 1. The topological polar surface area (TPSA) is 75.7 Å². The van der Waals surface area contributed by atoms with Crippen molar-refractivity contribution in [3.8, 4) is 18.1 Å². The van der Waals surface area contributed by atoms with E-state index >= 15 is 0 Å². The van der Waals surface area contributed by atoms with E-state index in [0.717, 1.165) is 11.3 Å². The van der Waals surface area contributed by atoms with Gasteiger partial charge in [-0.05, 0) is 35.9 Å². The van der Waals surface area contributed by atoms with E-state index in [9.17, 15) is 13.2 Å². The van der Waals surface area contributed by atoms with Crippen molar-refractivity contribution in [2.24, 2.45) is 0 Å². The van der Waals surface area contributed by atoms with Crippen LogP contribution in [0.15, 0.2) is 66.1 Å². The van der Waals surface area contributed by atoms with E-state index < -0.39 is 10.0 Å². The molecule has 0 saturated carbocycles. The highest BCUT2D eigenvalue weighted by atomic mass is 32.2. The molecule has 0 bridgehead atoms. The molecule has 6 nitrogen and oxygen atoms in total. The molecule has 0 spiro atoms. The first-order chi connectivity index (χ1) is 13.4. The molecule has 2 aromatic rings. The Kier molecular flexibility index (Phi) is 7.38. The second kappa shape index (κ2) is 9.74. The molecular weight excluding hydrogens is 376 g/mol. The van der Waals surface area contributed by atoms with Crippen LogP contribution < -0.4 is 9.46 Å². The van der Waals surface area contributed by atoms with Gasteiger partial charge in [0.15, 0.2) is 0 Å². The van der Waals surface area contributed by atoms with Crippen LogP contribution in [0.3, 0.4) is 0 Å². The number of hydrogen-bond donors (Lipinski definition) is 1. The summed E-state index contributed by atoms with van der Waals surface area (Å²) in [5.41, 5.74) is 1.19. The lowest BCUT2D eigenvalue weighted by atomic mass is 10.1. The molecule has 2 aromatic carbocycles. The Morgan fingerprint density at radius 3 is 2.64 bits per heavy atom. The summed E-state index contributed by atoms with van der Waals surface area (Å²) in [5.74, 6) is 2.64. The van der Waals surface area contributed by atoms with E-state index in [1.165, 1.54) is 23.1 Å². The number of nitrogens with one attached hydrogen (secondary N) is 1. The lowest BCUT2D eigenvalue weighted by Crippen LogP contribution is -2.27. The molecule has 0 aliphatic heterocycles. The van der Waals surface area contributed by atoms with Crippen molar-refractivity contribution >= 4 is 15.9 Å². The first-order valence-corrected chi connectivity index (χ1v) is 9.97. The highest BCUT2D eigenvalue weighted by Gasteiger charge is 2.17. The van der Waals surface area contributed by atoms with Crippen molar-refractivity contribution < 1.29 is 17.9 Å². The number of carbonyl (C=O) groups excluding carboxylic acids is 1. The second-order valence-corrected chi connectivity index (χ2v) is 7.73. The molecule has 146 valence electrons. The van der Waals surface area contributed by atoms with Crippen molar-refractivity contribution in [3.63, 3.8) is 0 Å². The fourth-order valence-corrected chi connectivity index (χ4v) is 3.41. The van der Waals surface area contributed by atoms with Gasteiger partial charge >= 0.3 is 0 Å². The summed E-state index contributed by atoms with van der Waals surface area (Å²) in [6.45, 7) is 4.27. The average Bonchev–Trinajstić information content (AvgIpc) is 2.71. The third-order valence-electron chi connectivity index (χ3n) is 3.81. The first-order valence-electron chi connectivity index (χ1n) is 8.48. The van der Waals surface area contributed by atoms with Gasteiger partial charge < -0.3 is 9.64 Å². The van der Waals surface area contributed by atoms with Crippen molar-refractivity contribution in [1.82, 2.24) is 9.62 Å². The van der Waals surface area contributed by atoms with Crippen molar-refractivity contribution in [1.29, 1.82) is 0 Å². The maximum Gasteiger partial charge on any atom is 0.253 e. The molecule has 28 heavy (non-hydrogen) atoms. The van der Waals surface area contributed by atoms with Gasteiger partial charge in [-0.25, -0.2) is 8.42 Å². The Hall–Kier alpha value is -3.08. The smallest absolute Gasteiger partial charge is 0.253 e. The lowest BCUT2D eigenvalue weighted by molar-refractivity contribution is 0.0785. The summed E-state index contributed by atoms with van der Waals surface area (Å²) in [4.78, 5) is 14.2. The SMILES string of the molecule is C#CCNS(=O)(=O)c1cccc(C(=O)N(C)Cc2ccc(OCC=C)cc2)c1. The van der Waals surface area contributed by atoms with Gasteiger partial charge in [0.2, 0.25) is 10.0 Å². The molecule has 2 rings (SSSR count). The number of carbonyl (C=O) groups is 1. The molecule has 0 aliphatic carbocycles. The van der Waals surface area contributed by atoms with Gasteiger partial charge in [-0.2, -0.15) is 4.72 Å². The lowest BCUT2D eigenvalue weighted by Gasteiger charge is -2.18.